The van der Waals surface area contributed by atoms with Crippen LogP contribution in [0.15, 0.2) is 59.4 Å². The summed E-state index contributed by atoms with van der Waals surface area (Å²) >= 11 is 1.65. The van der Waals surface area contributed by atoms with Gasteiger partial charge in [-0.25, -0.2) is 14.3 Å². The van der Waals surface area contributed by atoms with Gasteiger partial charge in [-0.15, -0.1) is 11.3 Å². The average molecular weight is 433 g/mol. The van der Waals surface area contributed by atoms with Gasteiger partial charge in [0.25, 0.3) is 0 Å². The second-order valence-corrected chi connectivity index (χ2v) is 9.13. The number of fused-ring (bicyclic) bond motifs is 1. The Balaban J connectivity index is 1.59. The van der Waals surface area contributed by atoms with Crippen molar-refractivity contribution in [2.45, 2.75) is 31.8 Å². The van der Waals surface area contributed by atoms with Gasteiger partial charge in [-0.05, 0) is 49.6 Å². The van der Waals surface area contributed by atoms with Gasteiger partial charge >= 0.3 is 5.69 Å². The van der Waals surface area contributed by atoms with Crippen LogP contribution in [0.4, 0.5) is 5.82 Å². The second-order valence-electron chi connectivity index (χ2n) is 8.10. The number of hydrogen-bond acceptors (Lipinski definition) is 6. The third-order valence-corrected chi connectivity index (χ3v) is 6.64. The van der Waals surface area contributed by atoms with Crippen molar-refractivity contribution < 1.29 is 4.74 Å². The normalized spacial score (nSPS) is 14.5. The summed E-state index contributed by atoms with van der Waals surface area (Å²) in [5.74, 6) is 2.00. The molecule has 0 aliphatic heterocycles. The largest absolute Gasteiger partial charge is 0.486 e. The van der Waals surface area contributed by atoms with E-state index in [2.05, 4.69) is 4.98 Å². The highest BCUT2D eigenvalue weighted by molar-refractivity contribution is 7.19. The van der Waals surface area contributed by atoms with E-state index in [9.17, 15) is 4.79 Å². The molecule has 2 aromatic heterocycles. The minimum atomic E-state index is -0.322. The smallest absolute Gasteiger partial charge is 0.355 e. The second kappa shape index (κ2) is 7.81. The van der Waals surface area contributed by atoms with E-state index in [0.717, 1.165) is 26.7 Å². The molecule has 6 nitrogen and oxygen atoms in total. The highest BCUT2D eigenvalue weighted by atomic mass is 32.1. The molecule has 1 saturated carbocycles. The van der Waals surface area contributed by atoms with Crippen molar-refractivity contribution in [1.82, 2.24) is 14.5 Å². The van der Waals surface area contributed by atoms with Crippen LogP contribution >= 0.6 is 11.3 Å². The number of hydrogen-bond donors (Lipinski definition) is 0. The number of ether oxygens (including phenoxy) is 1. The number of anilines is 1. The monoisotopic (exact) mass is 432 g/mol. The fraction of sp³-hybridized carbons (Fsp3) is 0.292. The molecule has 2 aromatic carbocycles. The van der Waals surface area contributed by atoms with E-state index in [0.29, 0.717) is 17.4 Å². The molecular weight excluding hydrogens is 408 g/mol. The molecule has 1 aliphatic rings. The standard InChI is InChI=1S/C24H24N4O2S/c1-15(30-19-10-5-4-6-11-19)17-8-7-9-18(14-17)28-22-20(21(27(2)3)26-24(28)29)31-23(25-22)16-12-13-16/h4-11,14-16H,12-13H2,1-3H3. The number of aromatic nitrogens is 3. The van der Waals surface area contributed by atoms with Crippen molar-refractivity contribution in [3.8, 4) is 11.4 Å². The summed E-state index contributed by atoms with van der Waals surface area (Å²) in [6.07, 6.45) is 2.16. The lowest BCUT2D eigenvalue weighted by Crippen LogP contribution is -2.25. The van der Waals surface area contributed by atoms with Gasteiger partial charge in [-0.2, -0.15) is 4.98 Å². The van der Waals surface area contributed by atoms with Crippen molar-refractivity contribution in [1.29, 1.82) is 0 Å². The molecule has 2 heterocycles. The van der Waals surface area contributed by atoms with Crippen molar-refractivity contribution in [2.75, 3.05) is 19.0 Å². The lowest BCUT2D eigenvalue weighted by atomic mass is 10.1. The Kier molecular flexibility index (Phi) is 4.98. The minimum absolute atomic E-state index is 0.167. The number of thiazole rings is 1. The minimum Gasteiger partial charge on any atom is -0.486 e. The van der Waals surface area contributed by atoms with Gasteiger partial charge in [-0.1, -0.05) is 30.3 Å². The summed E-state index contributed by atoms with van der Waals surface area (Å²) in [6.45, 7) is 2.01. The molecule has 31 heavy (non-hydrogen) atoms. The van der Waals surface area contributed by atoms with Crippen molar-refractivity contribution in [2.24, 2.45) is 0 Å². The first-order valence-electron chi connectivity index (χ1n) is 10.4. The van der Waals surface area contributed by atoms with E-state index in [-0.39, 0.29) is 11.8 Å². The van der Waals surface area contributed by atoms with Crippen LogP contribution < -0.4 is 15.3 Å². The molecule has 4 aromatic rings. The van der Waals surface area contributed by atoms with Gasteiger partial charge in [0.15, 0.2) is 11.5 Å². The zero-order valence-corrected chi connectivity index (χ0v) is 18.6. The van der Waals surface area contributed by atoms with E-state index in [4.69, 9.17) is 9.72 Å². The third kappa shape index (κ3) is 3.81. The van der Waals surface area contributed by atoms with E-state index in [1.54, 1.807) is 15.9 Å². The molecule has 0 radical (unpaired) electrons. The molecular formula is C24H24N4O2S. The molecule has 1 fully saturated rings. The van der Waals surface area contributed by atoms with Crippen LogP contribution in [0.3, 0.4) is 0 Å². The Morgan fingerprint density at radius 1 is 1.10 bits per heavy atom. The van der Waals surface area contributed by atoms with Crippen molar-refractivity contribution in [3.05, 3.63) is 75.7 Å². The highest BCUT2D eigenvalue weighted by Crippen LogP contribution is 2.44. The lowest BCUT2D eigenvalue weighted by molar-refractivity contribution is 0.227. The zero-order chi connectivity index (χ0) is 21.5. The van der Waals surface area contributed by atoms with Crippen LogP contribution in [-0.4, -0.2) is 28.6 Å². The zero-order valence-electron chi connectivity index (χ0n) is 17.8. The van der Waals surface area contributed by atoms with Gasteiger partial charge in [-0.3, -0.25) is 0 Å². The Labute approximate surface area is 184 Å². The summed E-state index contributed by atoms with van der Waals surface area (Å²) in [4.78, 5) is 24.2. The van der Waals surface area contributed by atoms with E-state index in [1.807, 2.05) is 80.5 Å². The first-order valence-corrected chi connectivity index (χ1v) is 11.3. The van der Waals surface area contributed by atoms with Crippen LogP contribution in [0.25, 0.3) is 16.0 Å². The van der Waals surface area contributed by atoms with Gasteiger partial charge in [0, 0.05) is 20.0 Å². The van der Waals surface area contributed by atoms with Gasteiger partial charge < -0.3 is 9.64 Å². The Hall–Kier alpha value is -3.19. The third-order valence-electron chi connectivity index (χ3n) is 5.44. The quantitative estimate of drug-likeness (QED) is 0.433. The molecule has 5 rings (SSSR count). The molecule has 0 saturated heterocycles. The summed E-state index contributed by atoms with van der Waals surface area (Å²) in [7, 11) is 3.82. The summed E-state index contributed by atoms with van der Waals surface area (Å²) in [5, 5.41) is 1.09. The summed E-state index contributed by atoms with van der Waals surface area (Å²) in [6, 6.07) is 17.6. The number of benzene rings is 2. The van der Waals surface area contributed by atoms with Crippen LogP contribution in [-0.2, 0) is 0 Å². The van der Waals surface area contributed by atoms with E-state index in [1.165, 1.54) is 12.8 Å². The molecule has 1 atom stereocenters. The fourth-order valence-corrected chi connectivity index (χ4v) is 4.93. The van der Waals surface area contributed by atoms with Gasteiger partial charge in [0.05, 0.1) is 10.7 Å². The number of para-hydroxylation sites is 1. The van der Waals surface area contributed by atoms with E-state index >= 15 is 0 Å². The molecule has 1 unspecified atom stereocenters. The number of nitrogens with zero attached hydrogens (tertiary/aromatic N) is 4. The Morgan fingerprint density at radius 2 is 1.87 bits per heavy atom. The first-order chi connectivity index (χ1) is 15.0. The molecule has 0 spiro atoms. The van der Waals surface area contributed by atoms with Crippen LogP contribution in [0, 0.1) is 0 Å². The maximum atomic E-state index is 13.1. The van der Waals surface area contributed by atoms with Crippen LogP contribution in [0.2, 0.25) is 0 Å². The van der Waals surface area contributed by atoms with Crippen molar-refractivity contribution >= 4 is 27.5 Å². The predicted octanol–water partition coefficient (Wildman–Crippen LogP) is 4.93. The van der Waals surface area contributed by atoms with Gasteiger partial charge in [0.1, 0.15) is 16.6 Å². The summed E-state index contributed by atoms with van der Waals surface area (Å²) < 4.78 is 8.66. The molecule has 158 valence electrons. The first kappa shape index (κ1) is 19.8. The van der Waals surface area contributed by atoms with Gasteiger partial charge in [0.2, 0.25) is 0 Å². The molecule has 0 bridgehead atoms. The SMILES string of the molecule is CC(Oc1ccccc1)c1cccc(-n2c(=O)nc(N(C)C)c3sc(C4CC4)nc32)c1. The Morgan fingerprint density at radius 3 is 2.58 bits per heavy atom. The molecule has 0 N–H and O–H groups in total. The molecule has 0 amide bonds. The Bertz CT molecular complexity index is 1290. The summed E-state index contributed by atoms with van der Waals surface area (Å²) in [5.41, 5.74) is 2.10. The lowest BCUT2D eigenvalue weighted by Gasteiger charge is -2.17. The van der Waals surface area contributed by atoms with Crippen molar-refractivity contribution in [3.63, 3.8) is 0 Å². The highest BCUT2D eigenvalue weighted by Gasteiger charge is 2.29. The maximum absolute atomic E-state index is 13.1. The predicted molar refractivity (Wildman–Crippen MR) is 125 cm³/mol. The topological polar surface area (TPSA) is 60.3 Å². The van der Waals surface area contributed by atoms with Crippen LogP contribution in [0.1, 0.15) is 42.4 Å². The molecule has 1 aliphatic carbocycles. The maximum Gasteiger partial charge on any atom is 0.355 e. The number of rotatable bonds is 6. The van der Waals surface area contributed by atoms with Crippen LogP contribution in [0.5, 0.6) is 5.75 Å². The van der Waals surface area contributed by atoms with E-state index < -0.39 is 0 Å². The average Bonchev–Trinajstić information content (AvgIpc) is 3.53. The molecule has 7 heteroatoms. The fourth-order valence-electron chi connectivity index (χ4n) is 3.64.